The SMILES string of the molecule is COc1cc(-c2cccc(C(=O)N(C)Cc3cccnc3)c2)ccc1NC(C)=O. The van der Waals surface area contributed by atoms with Crippen molar-refractivity contribution in [3.63, 3.8) is 0 Å². The normalized spacial score (nSPS) is 10.3. The van der Waals surface area contributed by atoms with Gasteiger partial charge in [-0.15, -0.1) is 0 Å². The average molecular weight is 389 g/mol. The van der Waals surface area contributed by atoms with Gasteiger partial charge in [0.15, 0.2) is 0 Å². The van der Waals surface area contributed by atoms with E-state index in [-0.39, 0.29) is 11.8 Å². The van der Waals surface area contributed by atoms with E-state index < -0.39 is 0 Å². The smallest absolute Gasteiger partial charge is 0.253 e. The van der Waals surface area contributed by atoms with Crippen LogP contribution in [0.15, 0.2) is 67.0 Å². The zero-order valence-corrected chi connectivity index (χ0v) is 16.7. The Balaban J connectivity index is 1.83. The van der Waals surface area contributed by atoms with Crippen molar-refractivity contribution in [3.8, 4) is 16.9 Å². The Morgan fingerprint density at radius 3 is 2.55 bits per heavy atom. The summed E-state index contributed by atoms with van der Waals surface area (Å²) in [5.74, 6) is 0.320. The Labute approximate surface area is 170 Å². The number of rotatable bonds is 6. The van der Waals surface area contributed by atoms with Gasteiger partial charge in [0.05, 0.1) is 12.8 Å². The third-order valence-corrected chi connectivity index (χ3v) is 4.44. The predicted molar refractivity (Wildman–Crippen MR) is 113 cm³/mol. The van der Waals surface area contributed by atoms with Crippen molar-refractivity contribution in [1.29, 1.82) is 0 Å². The van der Waals surface area contributed by atoms with Gasteiger partial charge in [0, 0.05) is 38.5 Å². The van der Waals surface area contributed by atoms with Crippen LogP contribution in [0.5, 0.6) is 5.75 Å². The zero-order chi connectivity index (χ0) is 20.8. The van der Waals surface area contributed by atoms with Gasteiger partial charge in [-0.3, -0.25) is 14.6 Å². The molecule has 0 atom stereocenters. The molecule has 0 bridgehead atoms. The molecule has 2 aromatic carbocycles. The fraction of sp³-hybridized carbons (Fsp3) is 0.174. The van der Waals surface area contributed by atoms with Crippen molar-refractivity contribution in [3.05, 3.63) is 78.1 Å². The number of amides is 2. The summed E-state index contributed by atoms with van der Waals surface area (Å²) >= 11 is 0. The van der Waals surface area contributed by atoms with Crippen molar-refractivity contribution in [2.75, 3.05) is 19.5 Å². The molecule has 0 saturated heterocycles. The second kappa shape index (κ2) is 9.01. The van der Waals surface area contributed by atoms with E-state index in [0.29, 0.717) is 23.5 Å². The number of benzene rings is 2. The van der Waals surface area contributed by atoms with Crippen LogP contribution in [0.3, 0.4) is 0 Å². The van der Waals surface area contributed by atoms with Gasteiger partial charge in [-0.2, -0.15) is 0 Å². The first-order valence-electron chi connectivity index (χ1n) is 9.18. The van der Waals surface area contributed by atoms with Crippen LogP contribution in [0.2, 0.25) is 0 Å². The van der Waals surface area contributed by atoms with Gasteiger partial charge in [0.1, 0.15) is 5.75 Å². The number of carbonyl (C=O) groups is 2. The standard InChI is InChI=1S/C23H23N3O3/c1-16(27)25-21-10-9-19(13-22(21)29-3)18-7-4-8-20(12-18)23(28)26(2)15-17-6-5-11-24-14-17/h4-14H,15H2,1-3H3,(H,25,27). The molecule has 0 unspecified atom stereocenters. The molecular formula is C23H23N3O3. The zero-order valence-electron chi connectivity index (χ0n) is 16.7. The summed E-state index contributed by atoms with van der Waals surface area (Å²) in [4.78, 5) is 30.0. The summed E-state index contributed by atoms with van der Waals surface area (Å²) in [6.07, 6.45) is 3.46. The van der Waals surface area contributed by atoms with Gasteiger partial charge in [0.2, 0.25) is 5.91 Å². The number of anilines is 1. The van der Waals surface area contributed by atoms with Crippen LogP contribution in [0.1, 0.15) is 22.8 Å². The van der Waals surface area contributed by atoms with Crippen molar-refractivity contribution >= 4 is 17.5 Å². The topological polar surface area (TPSA) is 71.5 Å². The number of hydrogen-bond donors (Lipinski definition) is 1. The molecule has 6 nitrogen and oxygen atoms in total. The van der Waals surface area contributed by atoms with Crippen LogP contribution < -0.4 is 10.1 Å². The van der Waals surface area contributed by atoms with Crippen LogP contribution >= 0.6 is 0 Å². The second-order valence-corrected chi connectivity index (χ2v) is 6.70. The first-order valence-corrected chi connectivity index (χ1v) is 9.18. The fourth-order valence-electron chi connectivity index (χ4n) is 3.05. The maximum absolute atomic E-state index is 12.9. The molecule has 3 aromatic rings. The molecule has 0 aliphatic rings. The number of pyridine rings is 1. The van der Waals surface area contributed by atoms with E-state index in [1.807, 2.05) is 42.5 Å². The highest BCUT2D eigenvalue weighted by atomic mass is 16.5. The average Bonchev–Trinajstić information content (AvgIpc) is 2.74. The highest BCUT2D eigenvalue weighted by Crippen LogP contribution is 2.31. The van der Waals surface area contributed by atoms with Crippen molar-refractivity contribution in [2.24, 2.45) is 0 Å². The molecule has 148 valence electrons. The number of hydrogen-bond acceptors (Lipinski definition) is 4. The molecule has 0 fully saturated rings. The van der Waals surface area contributed by atoms with Gasteiger partial charge in [-0.05, 0) is 47.0 Å². The largest absolute Gasteiger partial charge is 0.495 e. The minimum atomic E-state index is -0.166. The molecule has 29 heavy (non-hydrogen) atoms. The van der Waals surface area contributed by atoms with Crippen LogP contribution in [-0.4, -0.2) is 35.9 Å². The molecule has 0 aliphatic heterocycles. The Bertz CT molecular complexity index is 1020. The van der Waals surface area contributed by atoms with Gasteiger partial charge in [-0.1, -0.05) is 24.3 Å². The Morgan fingerprint density at radius 1 is 1.07 bits per heavy atom. The van der Waals surface area contributed by atoms with E-state index in [1.54, 1.807) is 43.6 Å². The summed E-state index contributed by atoms with van der Waals surface area (Å²) in [6.45, 7) is 1.93. The molecule has 3 rings (SSSR count). The Hall–Kier alpha value is -3.67. The molecule has 0 saturated carbocycles. The molecular weight excluding hydrogens is 366 g/mol. The van der Waals surface area contributed by atoms with Crippen molar-refractivity contribution in [1.82, 2.24) is 9.88 Å². The fourth-order valence-corrected chi connectivity index (χ4v) is 3.05. The predicted octanol–water partition coefficient (Wildman–Crippen LogP) is 3.99. The quantitative estimate of drug-likeness (QED) is 0.692. The lowest BCUT2D eigenvalue weighted by atomic mass is 10.0. The summed E-state index contributed by atoms with van der Waals surface area (Å²) in [5, 5.41) is 2.74. The van der Waals surface area contributed by atoms with E-state index in [0.717, 1.165) is 16.7 Å². The maximum atomic E-state index is 12.9. The van der Waals surface area contributed by atoms with E-state index in [2.05, 4.69) is 10.3 Å². The summed E-state index contributed by atoms with van der Waals surface area (Å²) in [5.41, 5.74) is 3.95. The maximum Gasteiger partial charge on any atom is 0.253 e. The first kappa shape index (κ1) is 20.1. The highest BCUT2D eigenvalue weighted by Gasteiger charge is 2.14. The van der Waals surface area contributed by atoms with Crippen LogP contribution in [0.4, 0.5) is 5.69 Å². The van der Waals surface area contributed by atoms with Crippen molar-refractivity contribution in [2.45, 2.75) is 13.5 Å². The van der Waals surface area contributed by atoms with Gasteiger partial charge in [0.25, 0.3) is 5.91 Å². The van der Waals surface area contributed by atoms with E-state index in [4.69, 9.17) is 4.74 Å². The number of carbonyl (C=O) groups excluding carboxylic acids is 2. The highest BCUT2D eigenvalue weighted by molar-refractivity contribution is 5.95. The molecule has 6 heteroatoms. The Morgan fingerprint density at radius 2 is 1.86 bits per heavy atom. The number of nitrogens with one attached hydrogen (secondary N) is 1. The summed E-state index contributed by atoms with van der Waals surface area (Å²) in [6, 6.07) is 16.8. The number of methoxy groups -OCH3 is 1. The van der Waals surface area contributed by atoms with Crippen LogP contribution in [-0.2, 0) is 11.3 Å². The molecule has 0 spiro atoms. The third-order valence-electron chi connectivity index (χ3n) is 4.44. The minimum Gasteiger partial charge on any atom is -0.495 e. The van der Waals surface area contributed by atoms with Crippen LogP contribution in [0, 0.1) is 0 Å². The van der Waals surface area contributed by atoms with E-state index in [9.17, 15) is 9.59 Å². The summed E-state index contributed by atoms with van der Waals surface area (Å²) < 4.78 is 5.39. The molecule has 0 aliphatic carbocycles. The Kier molecular flexibility index (Phi) is 6.24. The molecule has 1 aromatic heterocycles. The molecule has 2 amide bonds. The van der Waals surface area contributed by atoms with Crippen LogP contribution in [0.25, 0.3) is 11.1 Å². The number of aromatic nitrogens is 1. The molecule has 0 radical (unpaired) electrons. The monoisotopic (exact) mass is 389 g/mol. The lowest BCUT2D eigenvalue weighted by molar-refractivity contribution is -0.114. The van der Waals surface area contributed by atoms with Crippen molar-refractivity contribution < 1.29 is 14.3 Å². The molecule has 1 heterocycles. The van der Waals surface area contributed by atoms with Gasteiger partial charge < -0.3 is 15.0 Å². The molecule has 1 N–H and O–H groups in total. The van der Waals surface area contributed by atoms with E-state index >= 15 is 0 Å². The third kappa shape index (κ3) is 4.99. The minimum absolute atomic E-state index is 0.0717. The lowest BCUT2D eigenvalue weighted by Gasteiger charge is -2.18. The van der Waals surface area contributed by atoms with E-state index in [1.165, 1.54) is 6.92 Å². The lowest BCUT2D eigenvalue weighted by Crippen LogP contribution is -2.26. The second-order valence-electron chi connectivity index (χ2n) is 6.70. The number of ether oxygens (including phenoxy) is 1. The van der Waals surface area contributed by atoms with Gasteiger partial charge in [-0.25, -0.2) is 0 Å². The van der Waals surface area contributed by atoms with Gasteiger partial charge >= 0.3 is 0 Å². The first-order chi connectivity index (χ1) is 14.0. The summed E-state index contributed by atoms with van der Waals surface area (Å²) in [7, 11) is 3.32. The number of nitrogens with zero attached hydrogens (tertiary/aromatic N) is 2.